The van der Waals surface area contributed by atoms with E-state index in [0.717, 1.165) is 22.8 Å². The van der Waals surface area contributed by atoms with E-state index in [1.165, 1.54) is 0 Å². The van der Waals surface area contributed by atoms with Crippen molar-refractivity contribution in [2.45, 2.75) is 25.9 Å². The van der Waals surface area contributed by atoms with Crippen LogP contribution >= 0.6 is 0 Å². The molecule has 0 spiro atoms. The van der Waals surface area contributed by atoms with Crippen molar-refractivity contribution in [3.05, 3.63) is 78.4 Å². The molecule has 0 aliphatic rings. The summed E-state index contributed by atoms with van der Waals surface area (Å²) in [6.07, 6.45) is 3.59. The fraction of sp³-hybridized carbons (Fsp3) is 0.333. The van der Waals surface area contributed by atoms with Gasteiger partial charge in [-0.2, -0.15) is 0 Å². The Hall–Kier alpha value is -3.48. The number of ether oxygens (including phenoxy) is 1. The molecule has 0 saturated heterocycles. The number of imidazole rings is 1. The molecule has 31 heavy (non-hydrogen) atoms. The highest BCUT2D eigenvalue weighted by molar-refractivity contribution is 5.75. The monoisotopic (exact) mass is 421 g/mol. The number of hydrogen-bond acceptors (Lipinski definition) is 4. The lowest BCUT2D eigenvalue weighted by Crippen LogP contribution is -2.45. The topological polar surface area (TPSA) is 80.2 Å². The fourth-order valence-electron chi connectivity index (χ4n) is 3.34. The van der Waals surface area contributed by atoms with Crippen molar-refractivity contribution in [2.24, 2.45) is 13.0 Å². The molecule has 0 bridgehead atoms. The summed E-state index contributed by atoms with van der Waals surface area (Å²) < 4.78 is 7.16. The van der Waals surface area contributed by atoms with Crippen molar-refractivity contribution in [2.75, 3.05) is 19.0 Å². The van der Waals surface area contributed by atoms with E-state index in [4.69, 9.17) is 4.74 Å². The number of nitrogens with one attached hydrogen (secondary N) is 3. The number of carbonyl (C=O) groups is 1. The number of benzene rings is 2. The molecule has 7 nitrogen and oxygen atoms in total. The van der Waals surface area contributed by atoms with Crippen LogP contribution in [0.5, 0.6) is 5.75 Å². The van der Waals surface area contributed by atoms with Crippen molar-refractivity contribution in [1.82, 2.24) is 20.2 Å². The third-order valence-corrected chi connectivity index (χ3v) is 5.25. The number of carbonyl (C=O) groups excluding carboxylic acids is 1. The van der Waals surface area contributed by atoms with E-state index >= 15 is 0 Å². The Morgan fingerprint density at radius 2 is 1.81 bits per heavy atom. The minimum atomic E-state index is -0.384. The van der Waals surface area contributed by atoms with Crippen molar-refractivity contribution >= 4 is 11.7 Å². The van der Waals surface area contributed by atoms with Gasteiger partial charge in [0.15, 0.2) is 0 Å². The Kier molecular flexibility index (Phi) is 7.54. The number of rotatable bonds is 9. The van der Waals surface area contributed by atoms with Gasteiger partial charge in [-0.05, 0) is 35.7 Å². The van der Waals surface area contributed by atoms with Gasteiger partial charge < -0.3 is 25.3 Å². The molecule has 1 heterocycles. The van der Waals surface area contributed by atoms with Gasteiger partial charge in [-0.25, -0.2) is 9.78 Å². The van der Waals surface area contributed by atoms with Crippen LogP contribution in [0.1, 0.15) is 31.3 Å². The van der Waals surface area contributed by atoms with E-state index < -0.39 is 0 Å². The summed E-state index contributed by atoms with van der Waals surface area (Å²) in [5.41, 5.74) is 1.96. The van der Waals surface area contributed by atoms with Gasteiger partial charge in [0.25, 0.3) is 0 Å². The molecule has 0 aliphatic heterocycles. The van der Waals surface area contributed by atoms with E-state index in [9.17, 15) is 4.79 Å². The third kappa shape index (κ3) is 6.01. The van der Waals surface area contributed by atoms with Crippen LogP contribution in [0.15, 0.2) is 67.0 Å². The average molecular weight is 422 g/mol. The first-order valence-electron chi connectivity index (χ1n) is 10.4. The third-order valence-electron chi connectivity index (χ3n) is 5.25. The zero-order valence-electron chi connectivity index (χ0n) is 18.5. The first kappa shape index (κ1) is 22.2. The molecular weight excluding hydrogens is 390 g/mol. The van der Waals surface area contributed by atoms with Crippen LogP contribution in [0.4, 0.5) is 10.5 Å². The number of nitrogens with zero attached hydrogens (tertiary/aromatic N) is 2. The molecule has 0 saturated carbocycles. The maximum atomic E-state index is 12.8. The number of hydrogen-bond donors (Lipinski definition) is 3. The molecule has 0 fully saturated rings. The van der Waals surface area contributed by atoms with Gasteiger partial charge in [0.2, 0.25) is 0 Å². The summed E-state index contributed by atoms with van der Waals surface area (Å²) in [4.78, 5) is 17.3. The number of aromatic nitrogens is 2. The highest BCUT2D eigenvalue weighted by Gasteiger charge is 2.22. The lowest BCUT2D eigenvalue weighted by atomic mass is 10.0. The zero-order valence-corrected chi connectivity index (χ0v) is 18.5. The van der Waals surface area contributed by atoms with Crippen LogP contribution in [0.2, 0.25) is 0 Å². The molecule has 2 unspecified atom stereocenters. The molecule has 3 aromatic rings. The van der Waals surface area contributed by atoms with Crippen molar-refractivity contribution in [3.63, 3.8) is 0 Å². The molecule has 2 atom stereocenters. The van der Waals surface area contributed by atoms with Crippen LogP contribution < -0.4 is 20.7 Å². The second-order valence-electron chi connectivity index (χ2n) is 7.82. The predicted molar refractivity (Wildman–Crippen MR) is 123 cm³/mol. The lowest BCUT2D eigenvalue weighted by Gasteiger charge is -2.25. The quantitative estimate of drug-likeness (QED) is 0.489. The summed E-state index contributed by atoms with van der Waals surface area (Å²) in [6.45, 7) is 4.76. The highest BCUT2D eigenvalue weighted by Crippen LogP contribution is 2.23. The van der Waals surface area contributed by atoms with Crippen LogP contribution in [0.3, 0.4) is 0 Å². The molecule has 2 amide bonds. The number of para-hydroxylation sites is 1. The largest absolute Gasteiger partial charge is 0.497 e. The van der Waals surface area contributed by atoms with E-state index in [0.29, 0.717) is 12.5 Å². The van der Waals surface area contributed by atoms with Gasteiger partial charge in [0.1, 0.15) is 17.6 Å². The predicted octanol–water partition coefficient (Wildman–Crippen LogP) is 3.95. The summed E-state index contributed by atoms with van der Waals surface area (Å²) in [5.74, 6) is 1.86. The summed E-state index contributed by atoms with van der Waals surface area (Å²) >= 11 is 0. The SMILES string of the molecule is COc1ccc(C(NC(=O)NCC(Nc2ccccc2)C(C)C)c2nccn2C)cc1. The maximum absolute atomic E-state index is 12.8. The Balaban J connectivity index is 1.68. The van der Waals surface area contributed by atoms with E-state index in [1.807, 2.05) is 72.4 Å². The molecule has 7 heteroatoms. The molecule has 2 aromatic carbocycles. The first-order chi connectivity index (χ1) is 15.0. The molecule has 3 N–H and O–H groups in total. The van der Waals surface area contributed by atoms with Gasteiger partial charge in [0.05, 0.1) is 7.11 Å². The Morgan fingerprint density at radius 3 is 2.39 bits per heavy atom. The van der Waals surface area contributed by atoms with Gasteiger partial charge >= 0.3 is 6.03 Å². The Morgan fingerprint density at radius 1 is 1.10 bits per heavy atom. The number of methoxy groups -OCH3 is 1. The minimum Gasteiger partial charge on any atom is -0.497 e. The summed E-state index contributed by atoms with van der Waals surface area (Å²) in [7, 11) is 3.54. The average Bonchev–Trinajstić information content (AvgIpc) is 3.21. The smallest absolute Gasteiger partial charge is 0.315 e. The Bertz CT molecular complexity index is 954. The molecule has 0 radical (unpaired) electrons. The lowest BCUT2D eigenvalue weighted by molar-refractivity contribution is 0.237. The van der Waals surface area contributed by atoms with Gasteiger partial charge in [-0.1, -0.05) is 44.2 Å². The second kappa shape index (κ2) is 10.5. The van der Waals surface area contributed by atoms with Crippen molar-refractivity contribution in [3.8, 4) is 5.75 Å². The van der Waals surface area contributed by atoms with E-state index in [2.05, 4.69) is 34.8 Å². The molecule has 0 aliphatic carbocycles. The summed E-state index contributed by atoms with van der Waals surface area (Å²) in [5, 5.41) is 9.58. The molecule has 3 rings (SSSR count). The number of urea groups is 1. The van der Waals surface area contributed by atoms with Crippen molar-refractivity contribution in [1.29, 1.82) is 0 Å². The van der Waals surface area contributed by atoms with Crippen LogP contribution in [0, 0.1) is 5.92 Å². The van der Waals surface area contributed by atoms with Crippen LogP contribution in [-0.2, 0) is 7.05 Å². The molecule has 1 aromatic heterocycles. The first-order valence-corrected chi connectivity index (χ1v) is 10.4. The fourth-order valence-corrected chi connectivity index (χ4v) is 3.34. The van der Waals surface area contributed by atoms with E-state index in [1.54, 1.807) is 13.3 Å². The molecular formula is C24H31N5O2. The van der Waals surface area contributed by atoms with Crippen molar-refractivity contribution < 1.29 is 9.53 Å². The van der Waals surface area contributed by atoms with Gasteiger partial charge in [-0.3, -0.25) is 0 Å². The summed E-state index contributed by atoms with van der Waals surface area (Å²) in [6, 6.07) is 17.1. The zero-order chi connectivity index (χ0) is 22.2. The minimum absolute atomic E-state index is 0.0979. The normalized spacial score (nSPS) is 12.8. The maximum Gasteiger partial charge on any atom is 0.315 e. The van der Waals surface area contributed by atoms with Gasteiger partial charge in [-0.15, -0.1) is 0 Å². The number of anilines is 1. The number of aryl methyl sites for hydroxylation is 1. The van der Waals surface area contributed by atoms with Gasteiger partial charge in [0, 0.05) is 37.7 Å². The second-order valence-corrected chi connectivity index (χ2v) is 7.82. The standard InChI is InChI=1S/C24H31N5O2/c1-17(2)21(27-19-8-6-5-7-9-19)16-26-24(30)28-22(23-25-14-15-29(23)3)18-10-12-20(31-4)13-11-18/h5-15,17,21-22,27H,16H2,1-4H3,(H2,26,28,30). The van der Waals surface area contributed by atoms with Crippen LogP contribution in [-0.4, -0.2) is 35.3 Å². The van der Waals surface area contributed by atoms with E-state index in [-0.39, 0.29) is 18.1 Å². The number of amides is 2. The van der Waals surface area contributed by atoms with Crippen LogP contribution in [0.25, 0.3) is 0 Å². The molecule has 164 valence electrons. The highest BCUT2D eigenvalue weighted by atomic mass is 16.5. The Labute approximate surface area is 183 Å².